The summed E-state index contributed by atoms with van der Waals surface area (Å²) < 4.78 is 10.6. The zero-order valence-electron chi connectivity index (χ0n) is 6.82. The third-order valence-corrected chi connectivity index (χ3v) is 3.30. The van der Waals surface area contributed by atoms with E-state index in [0.29, 0.717) is 22.0 Å². The van der Waals surface area contributed by atoms with Gasteiger partial charge in [0.2, 0.25) is 6.08 Å². The maximum Gasteiger partial charge on any atom is 0.388 e. The van der Waals surface area contributed by atoms with E-state index in [9.17, 15) is 9.36 Å². The van der Waals surface area contributed by atoms with Crippen LogP contribution in [0.25, 0.3) is 0 Å². The Bertz CT molecular complexity index is 406. The highest BCUT2D eigenvalue weighted by Gasteiger charge is 2.14. The molecule has 0 bridgehead atoms. The maximum atomic E-state index is 10.6. The van der Waals surface area contributed by atoms with Gasteiger partial charge in [-0.3, -0.25) is 0 Å². The van der Waals surface area contributed by atoms with E-state index >= 15 is 0 Å². The number of isocyanates is 1. The van der Waals surface area contributed by atoms with Gasteiger partial charge in [-0.25, -0.2) is 9.36 Å². The highest BCUT2D eigenvalue weighted by Crippen LogP contribution is 2.54. The summed E-state index contributed by atoms with van der Waals surface area (Å²) in [6.07, 6.45) is 1.37. The Morgan fingerprint density at radius 3 is 2.29 bits per heavy atom. The Kier molecular flexibility index (Phi) is 3.63. The summed E-state index contributed by atoms with van der Waals surface area (Å²) >= 11 is 0.454. The summed E-state index contributed by atoms with van der Waals surface area (Å²) in [5.74, 6) is 0. The minimum atomic E-state index is -4.11. The van der Waals surface area contributed by atoms with Crippen molar-refractivity contribution in [2.24, 2.45) is 4.99 Å². The molecule has 1 aromatic rings. The zero-order valence-corrected chi connectivity index (χ0v) is 8.53. The first-order chi connectivity index (χ1) is 6.51. The standard InChI is InChI=1S/C7H6NO4PS/c9-5-8-6-1-3-7(4-2-6)14-13(10,11)12/h1-4H,(H2,10,11,12). The fourth-order valence-electron chi connectivity index (χ4n) is 0.772. The number of hydrogen-bond donors (Lipinski definition) is 2. The molecule has 74 valence electrons. The Morgan fingerprint density at radius 1 is 1.29 bits per heavy atom. The summed E-state index contributed by atoms with van der Waals surface area (Å²) in [5, 5.41) is 0. The molecule has 0 fully saturated rings. The number of carbonyl (C=O) groups excluding carboxylic acids is 1. The first-order valence-electron chi connectivity index (χ1n) is 3.44. The summed E-state index contributed by atoms with van der Waals surface area (Å²) in [4.78, 5) is 30.9. The van der Waals surface area contributed by atoms with Crippen LogP contribution >= 0.6 is 18.2 Å². The number of rotatable bonds is 3. The maximum absolute atomic E-state index is 10.6. The molecule has 0 radical (unpaired) electrons. The molecular formula is C7H6NO4PS. The van der Waals surface area contributed by atoms with E-state index in [2.05, 4.69) is 4.99 Å². The van der Waals surface area contributed by atoms with E-state index in [1.54, 1.807) is 0 Å². The summed E-state index contributed by atoms with van der Waals surface area (Å²) in [6.45, 7) is -4.11. The number of hydrogen-bond acceptors (Lipinski definition) is 4. The van der Waals surface area contributed by atoms with Crippen LogP contribution < -0.4 is 0 Å². The van der Waals surface area contributed by atoms with Gasteiger partial charge in [-0.2, -0.15) is 4.99 Å². The van der Waals surface area contributed by atoms with Crippen LogP contribution in [0.5, 0.6) is 0 Å². The van der Waals surface area contributed by atoms with Crippen LogP contribution in [-0.4, -0.2) is 15.9 Å². The highest BCUT2D eigenvalue weighted by atomic mass is 32.7. The monoisotopic (exact) mass is 231 g/mol. The molecule has 14 heavy (non-hydrogen) atoms. The van der Waals surface area contributed by atoms with E-state index < -0.39 is 6.80 Å². The molecule has 0 atom stereocenters. The minimum absolute atomic E-state index is 0.398. The molecule has 7 heteroatoms. The third-order valence-electron chi connectivity index (χ3n) is 1.24. The fourth-order valence-corrected chi connectivity index (χ4v) is 2.49. The summed E-state index contributed by atoms with van der Waals surface area (Å²) in [7, 11) is 0. The van der Waals surface area contributed by atoms with Gasteiger partial charge in [0.25, 0.3) is 0 Å². The number of benzene rings is 1. The molecule has 0 aliphatic rings. The molecule has 0 aliphatic heterocycles. The van der Waals surface area contributed by atoms with Gasteiger partial charge in [0.1, 0.15) is 0 Å². The van der Waals surface area contributed by atoms with Crippen molar-refractivity contribution in [3.05, 3.63) is 24.3 Å². The SMILES string of the molecule is O=C=Nc1ccc(SP(=O)(O)O)cc1. The average molecular weight is 231 g/mol. The molecule has 0 aliphatic carbocycles. The van der Waals surface area contributed by atoms with Crippen LogP contribution in [0.3, 0.4) is 0 Å². The first kappa shape index (κ1) is 11.2. The van der Waals surface area contributed by atoms with Gasteiger partial charge >= 0.3 is 6.80 Å². The van der Waals surface area contributed by atoms with Crippen LogP contribution in [0.15, 0.2) is 34.2 Å². The van der Waals surface area contributed by atoms with Crippen molar-refractivity contribution in [3.8, 4) is 0 Å². The molecule has 0 heterocycles. The van der Waals surface area contributed by atoms with Gasteiger partial charge < -0.3 is 9.79 Å². The van der Waals surface area contributed by atoms with Crippen LogP contribution in [0, 0.1) is 0 Å². The molecule has 0 saturated carbocycles. The lowest BCUT2D eigenvalue weighted by Gasteiger charge is -2.02. The molecule has 0 unspecified atom stereocenters. The molecule has 1 aromatic carbocycles. The van der Waals surface area contributed by atoms with Crippen molar-refractivity contribution in [2.75, 3.05) is 0 Å². The van der Waals surface area contributed by atoms with Gasteiger partial charge in [0.05, 0.1) is 5.69 Å². The summed E-state index contributed by atoms with van der Waals surface area (Å²) in [5.41, 5.74) is 0.398. The second-order valence-electron chi connectivity index (χ2n) is 2.28. The molecule has 1 rings (SSSR count). The average Bonchev–Trinajstić information content (AvgIpc) is 2.06. The first-order valence-corrected chi connectivity index (χ1v) is 6.48. The van der Waals surface area contributed by atoms with Crippen molar-refractivity contribution in [3.63, 3.8) is 0 Å². The van der Waals surface area contributed by atoms with E-state index in [1.807, 2.05) is 0 Å². The van der Waals surface area contributed by atoms with Crippen molar-refractivity contribution in [2.45, 2.75) is 4.90 Å². The van der Waals surface area contributed by atoms with E-state index in [-0.39, 0.29) is 0 Å². The van der Waals surface area contributed by atoms with E-state index in [0.717, 1.165) is 0 Å². The summed E-state index contributed by atoms with van der Waals surface area (Å²) in [6, 6.07) is 5.89. The van der Waals surface area contributed by atoms with Gasteiger partial charge in [-0.15, -0.1) is 0 Å². The van der Waals surface area contributed by atoms with E-state index in [4.69, 9.17) is 9.79 Å². The Morgan fingerprint density at radius 2 is 1.86 bits per heavy atom. The topological polar surface area (TPSA) is 87.0 Å². The minimum Gasteiger partial charge on any atom is -0.316 e. The second-order valence-corrected chi connectivity index (χ2v) is 5.89. The molecule has 2 N–H and O–H groups in total. The molecule has 0 aromatic heterocycles. The Balaban J connectivity index is 2.84. The molecule has 5 nitrogen and oxygen atoms in total. The smallest absolute Gasteiger partial charge is 0.316 e. The normalized spacial score (nSPS) is 10.7. The third kappa shape index (κ3) is 3.87. The van der Waals surface area contributed by atoms with Gasteiger partial charge in [0.15, 0.2) is 0 Å². The lowest BCUT2D eigenvalue weighted by atomic mass is 10.3. The van der Waals surface area contributed by atoms with Gasteiger partial charge in [-0.05, 0) is 35.6 Å². The predicted octanol–water partition coefficient (Wildman–Crippen LogP) is 1.84. The van der Waals surface area contributed by atoms with Crippen LogP contribution in [0.1, 0.15) is 0 Å². The largest absolute Gasteiger partial charge is 0.388 e. The fraction of sp³-hybridized carbons (Fsp3) is 0. The zero-order chi connectivity index (χ0) is 10.6. The molecule has 0 spiro atoms. The van der Waals surface area contributed by atoms with Crippen molar-refractivity contribution in [1.29, 1.82) is 0 Å². The molecule has 0 saturated heterocycles. The lowest BCUT2D eigenvalue weighted by molar-refractivity contribution is 0.397. The van der Waals surface area contributed by atoms with Crippen LogP contribution in [-0.2, 0) is 9.36 Å². The van der Waals surface area contributed by atoms with Crippen molar-refractivity contribution >= 4 is 29.9 Å². The van der Waals surface area contributed by atoms with Crippen LogP contribution in [0.2, 0.25) is 0 Å². The van der Waals surface area contributed by atoms with E-state index in [1.165, 1.54) is 30.3 Å². The predicted molar refractivity (Wildman–Crippen MR) is 52.1 cm³/mol. The molecule has 0 amide bonds. The Hall–Kier alpha value is -0.900. The van der Waals surface area contributed by atoms with Crippen molar-refractivity contribution in [1.82, 2.24) is 0 Å². The lowest BCUT2D eigenvalue weighted by Crippen LogP contribution is -1.72. The van der Waals surface area contributed by atoms with Gasteiger partial charge in [-0.1, -0.05) is 0 Å². The number of nitrogens with zero attached hydrogens (tertiary/aromatic N) is 1. The molecular weight excluding hydrogens is 225 g/mol. The van der Waals surface area contributed by atoms with Crippen molar-refractivity contribution < 1.29 is 19.1 Å². The Labute approximate surface area is 83.8 Å². The number of aliphatic imine (C=N–C) groups is 1. The highest BCUT2D eigenvalue weighted by molar-refractivity contribution is 8.54. The quantitative estimate of drug-likeness (QED) is 0.470. The van der Waals surface area contributed by atoms with Gasteiger partial charge in [0, 0.05) is 4.90 Å². The van der Waals surface area contributed by atoms with Crippen LogP contribution in [0.4, 0.5) is 5.69 Å². The second kappa shape index (κ2) is 4.55.